The SMILES string of the molecule is CC(C)(C)O[C@H]1CCCC[C@@H]1Br. The lowest BCUT2D eigenvalue weighted by Crippen LogP contribution is -2.35. The average Bonchev–Trinajstić information content (AvgIpc) is 1.91. The number of ether oxygens (including phenoxy) is 1. The largest absolute Gasteiger partial charge is 0.371 e. The fourth-order valence-corrected chi connectivity index (χ4v) is 2.33. The van der Waals surface area contributed by atoms with Crippen molar-refractivity contribution in [1.82, 2.24) is 0 Å². The highest BCUT2D eigenvalue weighted by atomic mass is 79.9. The van der Waals surface area contributed by atoms with Crippen LogP contribution in [0.15, 0.2) is 0 Å². The Kier molecular flexibility index (Phi) is 3.59. The van der Waals surface area contributed by atoms with E-state index in [0.29, 0.717) is 10.9 Å². The third-order valence-electron chi connectivity index (χ3n) is 2.13. The van der Waals surface area contributed by atoms with Gasteiger partial charge in [-0.15, -0.1) is 0 Å². The molecule has 0 radical (unpaired) electrons. The maximum absolute atomic E-state index is 5.94. The first kappa shape index (κ1) is 10.5. The minimum Gasteiger partial charge on any atom is -0.371 e. The van der Waals surface area contributed by atoms with Crippen LogP contribution < -0.4 is 0 Å². The van der Waals surface area contributed by atoms with Gasteiger partial charge in [0.1, 0.15) is 0 Å². The van der Waals surface area contributed by atoms with Gasteiger partial charge in [0.15, 0.2) is 0 Å². The number of hydrogen-bond donors (Lipinski definition) is 0. The van der Waals surface area contributed by atoms with E-state index in [4.69, 9.17) is 4.74 Å². The molecule has 12 heavy (non-hydrogen) atoms. The van der Waals surface area contributed by atoms with Gasteiger partial charge in [-0.3, -0.25) is 0 Å². The molecule has 0 N–H and O–H groups in total. The summed E-state index contributed by atoms with van der Waals surface area (Å²) in [6, 6.07) is 0. The summed E-state index contributed by atoms with van der Waals surface area (Å²) in [5.41, 5.74) is 0.00796. The van der Waals surface area contributed by atoms with E-state index >= 15 is 0 Å². The predicted molar refractivity (Wildman–Crippen MR) is 55.8 cm³/mol. The van der Waals surface area contributed by atoms with Crippen molar-refractivity contribution in [3.63, 3.8) is 0 Å². The van der Waals surface area contributed by atoms with E-state index in [1.807, 2.05) is 0 Å². The summed E-state index contributed by atoms with van der Waals surface area (Å²) in [5, 5.41) is 0. The van der Waals surface area contributed by atoms with E-state index in [1.54, 1.807) is 0 Å². The van der Waals surface area contributed by atoms with Crippen LogP contribution >= 0.6 is 15.9 Å². The molecule has 2 atom stereocenters. The van der Waals surface area contributed by atoms with Crippen molar-refractivity contribution in [2.75, 3.05) is 0 Å². The van der Waals surface area contributed by atoms with Gasteiger partial charge in [-0.25, -0.2) is 0 Å². The lowest BCUT2D eigenvalue weighted by atomic mass is 9.97. The molecule has 72 valence electrons. The summed E-state index contributed by atoms with van der Waals surface area (Å²) in [5.74, 6) is 0. The first-order chi connectivity index (χ1) is 5.49. The Morgan fingerprint density at radius 2 is 1.75 bits per heavy atom. The van der Waals surface area contributed by atoms with Crippen LogP contribution in [0.5, 0.6) is 0 Å². The molecule has 2 heteroatoms. The third kappa shape index (κ3) is 3.44. The van der Waals surface area contributed by atoms with E-state index in [1.165, 1.54) is 25.7 Å². The Balaban J connectivity index is 2.39. The number of rotatable bonds is 1. The Labute approximate surface area is 84.0 Å². The number of hydrogen-bond acceptors (Lipinski definition) is 1. The van der Waals surface area contributed by atoms with E-state index in [2.05, 4.69) is 36.7 Å². The lowest BCUT2D eigenvalue weighted by Gasteiger charge is -2.33. The second-order valence-corrected chi connectivity index (χ2v) is 5.75. The zero-order chi connectivity index (χ0) is 9.19. The zero-order valence-electron chi connectivity index (χ0n) is 8.27. The fourth-order valence-electron chi connectivity index (χ4n) is 1.64. The summed E-state index contributed by atoms with van der Waals surface area (Å²) in [7, 11) is 0. The second kappa shape index (κ2) is 4.10. The minimum atomic E-state index is 0.00796. The van der Waals surface area contributed by atoms with Gasteiger partial charge < -0.3 is 4.74 Å². The molecule has 0 bridgehead atoms. The van der Waals surface area contributed by atoms with Crippen molar-refractivity contribution in [2.24, 2.45) is 0 Å². The summed E-state index contributed by atoms with van der Waals surface area (Å²) < 4.78 is 5.94. The molecular weight excluding hydrogens is 216 g/mol. The van der Waals surface area contributed by atoms with E-state index < -0.39 is 0 Å². The normalized spacial score (nSPS) is 32.0. The smallest absolute Gasteiger partial charge is 0.0707 e. The van der Waals surface area contributed by atoms with Crippen LogP contribution in [0, 0.1) is 0 Å². The van der Waals surface area contributed by atoms with Gasteiger partial charge in [0.05, 0.1) is 11.7 Å². The van der Waals surface area contributed by atoms with E-state index in [-0.39, 0.29) is 5.60 Å². The molecule has 1 rings (SSSR count). The van der Waals surface area contributed by atoms with Crippen molar-refractivity contribution in [3.8, 4) is 0 Å². The molecule has 0 aromatic carbocycles. The van der Waals surface area contributed by atoms with Crippen LogP contribution in [0.4, 0.5) is 0 Å². The highest BCUT2D eigenvalue weighted by Crippen LogP contribution is 2.29. The van der Waals surface area contributed by atoms with Gasteiger partial charge in [0.2, 0.25) is 0 Å². The van der Waals surface area contributed by atoms with Crippen molar-refractivity contribution in [3.05, 3.63) is 0 Å². The molecule has 1 aliphatic rings. The molecule has 1 saturated carbocycles. The topological polar surface area (TPSA) is 9.23 Å². The quantitative estimate of drug-likeness (QED) is 0.632. The average molecular weight is 235 g/mol. The third-order valence-corrected chi connectivity index (χ3v) is 3.17. The highest BCUT2D eigenvalue weighted by molar-refractivity contribution is 9.09. The van der Waals surface area contributed by atoms with E-state index in [0.717, 1.165) is 0 Å². The Bertz CT molecular complexity index is 139. The van der Waals surface area contributed by atoms with Crippen LogP contribution in [-0.4, -0.2) is 16.5 Å². The molecule has 0 spiro atoms. The maximum atomic E-state index is 5.94. The maximum Gasteiger partial charge on any atom is 0.0707 e. The monoisotopic (exact) mass is 234 g/mol. The van der Waals surface area contributed by atoms with Crippen molar-refractivity contribution in [1.29, 1.82) is 0 Å². The summed E-state index contributed by atoms with van der Waals surface area (Å²) >= 11 is 3.68. The molecule has 0 heterocycles. The Morgan fingerprint density at radius 3 is 2.25 bits per heavy atom. The second-order valence-electron chi connectivity index (χ2n) is 4.57. The van der Waals surface area contributed by atoms with Crippen molar-refractivity contribution in [2.45, 2.75) is 63.0 Å². The Morgan fingerprint density at radius 1 is 1.17 bits per heavy atom. The van der Waals surface area contributed by atoms with Crippen LogP contribution in [0.2, 0.25) is 0 Å². The first-order valence-electron chi connectivity index (χ1n) is 4.81. The summed E-state index contributed by atoms with van der Waals surface area (Å²) in [6.45, 7) is 6.38. The molecule has 1 fully saturated rings. The lowest BCUT2D eigenvalue weighted by molar-refractivity contribution is -0.0693. The summed E-state index contributed by atoms with van der Waals surface area (Å²) in [6.07, 6.45) is 5.58. The minimum absolute atomic E-state index is 0.00796. The molecule has 0 aromatic heterocycles. The first-order valence-corrected chi connectivity index (χ1v) is 5.72. The highest BCUT2D eigenvalue weighted by Gasteiger charge is 2.27. The van der Waals surface area contributed by atoms with Gasteiger partial charge in [0.25, 0.3) is 0 Å². The van der Waals surface area contributed by atoms with Crippen LogP contribution in [0.3, 0.4) is 0 Å². The molecular formula is C10H19BrO. The summed E-state index contributed by atoms with van der Waals surface area (Å²) in [4.78, 5) is 0.575. The molecule has 0 unspecified atom stereocenters. The molecule has 1 aliphatic carbocycles. The van der Waals surface area contributed by atoms with Crippen molar-refractivity contribution >= 4 is 15.9 Å². The van der Waals surface area contributed by atoms with Gasteiger partial charge >= 0.3 is 0 Å². The van der Waals surface area contributed by atoms with Gasteiger partial charge in [0, 0.05) is 4.83 Å². The Hall–Kier alpha value is 0.440. The predicted octanol–water partition coefficient (Wildman–Crippen LogP) is 3.51. The molecule has 0 saturated heterocycles. The zero-order valence-corrected chi connectivity index (χ0v) is 9.86. The number of alkyl halides is 1. The van der Waals surface area contributed by atoms with Crippen molar-refractivity contribution < 1.29 is 4.74 Å². The number of halogens is 1. The van der Waals surface area contributed by atoms with Gasteiger partial charge in [-0.2, -0.15) is 0 Å². The molecule has 1 nitrogen and oxygen atoms in total. The standard InChI is InChI=1S/C10H19BrO/c1-10(2,3)12-9-7-5-4-6-8(9)11/h8-9H,4-7H2,1-3H3/t8-,9-/m0/s1. The van der Waals surface area contributed by atoms with Gasteiger partial charge in [-0.05, 0) is 33.6 Å². The molecule has 0 aromatic rings. The van der Waals surface area contributed by atoms with Crippen LogP contribution in [-0.2, 0) is 4.74 Å². The van der Waals surface area contributed by atoms with Crippen LogP contribution in [0.1, 0.15) is 46.5 Å². The molecule has 0 aliphatic heterocycles. The molecule has 0 amide bonds. The van der Waals surface area contributed by atoms with Crippen LogP contribution in [0.25, 0.3) is 0 Å². The van der Waals surface area contributed by atoms with E-state index in [9.17, 15) is 0 Å². The van der Waals surface area contributed by atoms with Gasteiger partial charge in [-0.1, -0.05) is 28.8 Å². The fraction of sp³-hybridized carbons (Fsp3) is 1.00.